The number of carbonyl (C=O) groups is 1. The van der Waals surface area contributed by atoms with Gasteiger partial charge in [0.05, 0.1) is 6.42 Å². The van der Waals surface area contributed by atoms with Gasteiger partial charge in [-0.15, -0.1) is 0 Å². The topological polar surface area (TPSA) is 44.9 Å². The summed E-state index contributed by atoms with van der Waals surface area (Å²) in [5.41, 5.74) is 2.13. The molecule has 1 heterocycles. The van der Waals surface area contributed by atoms with Gasteiger partial charge in [-0.3, -0.25) is 4.79 Å². The second-order valence-corrected chi connectivity index (χ2v) is 5.11. The fourth-order valence-electron chi connectivity index (χ4n) is 1.95. The van der Waals surface area contributed by atoms with E-state index in [0.717, 1.165) is 24.0 Å². The summed E-state index contributed by atoms with van der Waals surface area (Å²) in [6.45, 7) is 5.08. The molecule has 96 valence electrons. The first-order valence-electron chi connectivity index (χ1n) is 6.48. The summed E-state index contributed by atoms with van der Waals surface area (Å²) in [4.78, 5) is 14.9. The highest BCUT2D eigenvalue weighted by molar-refractivity contribution is 5.83. The number of aromatic nitrogens is 1. The molecule has 0 aliphatic rings. The third-order valence-corrected chi connectivity index (χ3v) is 3.03. The van der Waals surface area contributed by atoms with E-state index in [4.69, 9.17) is 0 Å². The number of nitrogens with one attached hydrogen (secondary N) is 2. The Morgan fingerprint density at radius 2 is 2.17 bits per heavy atom. The average molecular weight is 244 g/mol. The summed E-state index contributed by atoms with van der Waals surface area (Å²) in [6, 6.07) is 8.12. The first-order chi connectivity index (χ1) is 8.65. The van der Waals surface area contributed by atoms with Crippen molar-refractivity contribution in [1.29, 1.82) is 0 Å². The van der Waals surface area contributed by atoms with Crippen LogP contribution in [0.15, 0.2) is 30.5 Å². The van der Waals surface area contributed by atoms with E-state index >= 15 is 0 Å². The lowest BCUT2D eigenvalue weighted by Crippen LogP contribution is -2.26. The van der Waals surface area contributed by atoms with Gasteiger partial charge in [0.2, 0.25) is 5.91 Å². The van der Waals surface area contributed by atoms with Gasteiger partial charge in [-0.2, -0.15) is 0 Å². The number of carbonyl (C=O) groups excluding carboxylic acids is 1. The SMILES string of the molecule is CC(C)CCNC(=O)Cc1ccc2cc[nH]c2c1. The van der Waals surface area contributed by atoms with Crippen LogP contribution in [0.2, 0.25) is 0 Å². The Kier molecular flexibility index (Phi) is 4.03. The standard InChI is InChI=1S/C15H20N2O/c1-11(2)5-7-17-15(18)10-12-3-4-13-6-8-16-14(13)9-12/h3-4,6,8-9,11,16H,5,7,10H2,1-2H3,(H,17,18). The molecule has 0 fully saturated rings. The number of benzene rings is 1. The van der Waals surface area contributed by atoms with Gasteiger partial charge in [0.15, 0.2) is 0 Å². The maximum absolute atomic E-state index is 11.7. The predicted octanol–water partition coefficient (Wildman–Crippen LogP) is 2.87. The van der Waals surface area contributed by atoms with E-state index in [0.29, 0.717) is 12.3 Å². The molecule has 1 aromatic heterocycles. The molecule has 0 aliphatic carbocycles. The third-order valence-electron chi connectivity index (χ3n) is 3.03. The third kappa shape index (κ3) is 3.36. The molecule has 0 saturated heterocycles. The van der Waals surface area contributed by atoms with Crippen LogP contribution < -0.4 is 5.32 Å². The van der Waals surface area contributed by atoms with Crippen molar-refractivity contribution in [3.63, 3.8) is 0 Å². The van der Waals surface area contributed by atoms with Crippen molar-refractivity contribution >= 4 is 16.8 Å². The highest BCUT2D eigenvalue weighted by Crippen LogP contribution is 2.14. The largest absolute Gasteiger partial charge is 0.361 e. The lowest BCUT2D eigenvalue weighted by molar-refractivity contribution is -0.120. The van der Waals surface area contributed by atoms with Crippen molar-refractivity contribution in [3.05, 3.63) is 36.0 Å². The van der Waals surface area contributed by atoms with Gasteiger partial charge in [-0.05, 0) is 35.4 Å². The van der Waals surface area contributed by atoms with Crippen LogP contribution in [0.4, 0.5) is 0 Å². The number of hydrogen-bond donors (Lipinski definition) is 2. The molecule has 0 radical (unpaired) electrons. The highest BCUT2D eigenvalue weighted by Gasteiger charge is 2.04. The Bertz CT molecular complexity index is 528. The molecule has 18 heavy (non-hydrogen) atoms. The van der Waals surface area contributed by atoms with E-state index < -0.39 is 0 Å². The van der Waals surface area contributed by atoms with Gasteiger partial charge in [-0.1, -0.05) is 26.0 Å². The van der Waals surface area contributed by atoms with Crippen molar-refractivity contribution in [3.8, 4) is 0 Å². The summed E-state index contributed by atoms with van der Waals surface area (Å²) >= 11 is 0. The molecule has 2 aromatic rings. The van der Waals surface area contributed by atoms with Crippen LogP contribution in [0.25, 0.3) is 10.9 Å². The van der Waals surface area contributed by atoms with Crippen molar-refractivity contribution in [2.75, 3.05) is 6.54 Å². The van der Waals surface area contributed by atoms with Gasteiger partial charge in [-0.25, -0.2) is 0 Å². The summed E-state index contributed by atoms with van der Waals surface area (Å²) in [6.07, 6.45) is 3.39. The van der Waals surface area contributed by atoms with Crippen LogP contribution >= 0.6 is 0 Å². The van der Waals surface area contributed by atoms with E-state index in [9.17, 15) is 4.79 Å². The lowest BCUT2D eigenvalue weighted by atomic mass is 10.1. The molecule has 0 spiro atoms. The predicted molar refractivity (Wildman–Crippen MR) is 74.5 cm³/mol. The number of amides is 1. The van der Waals surface area contributed by atoms with Crippen LogP contribution in [-0.4, -0.2) is 17.4 Å². The Morgan fingerprint density at radius 1 is 1.33 bits per heavy atom. The van der Waals surface area contributed by atoms with Gasteiger partial charge in [0.25, 0.3) is 0 Å². The maximum atomic E-state index is 11.7. The second kappa shape index (κ2) is 5.71. The number of aromatic amines is 1. The van der Waals surface area contributed by atoms with Crippen LogP contribution in [0.3, 0.4) is 0 Å². The molecule has 1 aromatic carbocycles. The molecule has 0 aliphatic heterocycles. The van der Waals surface area contributed by atoms with E-state index in [1.54, 1.807) is 0 Å². The van der Waals surface area contributed by atoms with Crippen molar-refractivity contribution in [2.24, 2.45) is 5.92 Å². The quantitative estimate of drug-likeness (QED) is 0.834. The number of H-pyrrole nitrogens is 1. The number of fused-ring (bicyclic) bond motifs is 1. The van der Waals surface area contributed by atoms with Crippen LogP contribution in [0, 0.1) is 5.92 Å². The molecule has 3 heteroatoms. The number of hydrogen-bond acceptors (Lipinski definition) is 1. The zero-order valence-corrected chi connectivity index (χ0v) is 11.0. The van der Waals surface area contributed by atoms with E-state index in [1.807, 2.05) is 30.5 Å². The van der Waals surface area contributed by atoms with Crippen molar-refractivity contribution in [1.82, 2.24) is 10.3 Å². The molecule has 0 unspecified atom stereocenters. The second-order valence-electron chi connectivity index (χ2n) is 5.11. The van der Waals surface area contributed by atoms with Gasteiger partial charge in [0, 0.05) is 18.3 Å². The summed E-state index contributed by atoms with van der Waals surface area (Å²) in [5.74, 6) is 0.724. The number of rotatable bonds is 5. The Morgan fingerprint density at radius 3 is 2.94 bits per heavy atom. The summed E-state index contributed by atoms with van der Waals surface area (Å²) in [5, 5.41) is 4.13. The van der Waals surface area contributed by atoms with Gasteiger partial charge < -0.3 is 10.3 Å². The molecule has 1 amide bonds. The van der Waals surface area contributed by atoms with Crippen molar-refractivity contribution in [2.45, 2.75) is 26.7 Å². The summed E-state index contributed by atoms with van der Waals surface area (Å²) in [7, 11) is 0. The summed E-state index contributed by atoms with van der Waals surface area (Å²) < 4.78 is 0. The first-order valence-corrected chi connectivity index (χ1v) is 6.48. The molecule has 3 nitrogen and oxygen atoms in total. The van der Waals surface area contributed by atoms with Crippen LogP contribution in [-0.2, 0) is 11.2 Å². The van der Waals surface area contributed by atoms with Gasteiger partial charge >= 0.3 is 0 Å². The van der Waals surface area contributed by atoms with E-state index in [2.05, 4.69) is 24.1 Å². The first kappa shape index (κ1) is 12.7. The molecule has 2 N–H and O–H groups in total. The van der Waals surface area contributed by atoms with E-state index in [1.165, 1.54) is 5.39 Å². The fraction of sp³-hybridized carbons (Fsp3) is 0.400. The smallest absolute Gasteiger partial charge is 0.224 e. The maximum Gasteiger partial charge on any atom is 0.224 e. The zero-order chi connectivity index (χ0) is 13.0. The molecule has 0 atom stereocenters. The fourth-order valence-corrected chi connectivity index (χ4v) is 1.95. The molecule has 0 saturated carbocycles. The minimum absolute atomic E-state index is 0.0987. The Hall–Kier alpha value is -1.77. The minimum atomic E-state index is 0.0987. The molecular formula is C15H20N2O. The Balaban J connectivity index is 1.90. The average Bonchev–Trinajstić information content (AvgIpc) is 2.75. The lowest BCUT2D eigenvalue weighted by Gasteiger charge is -2.07. The van der Waals surface area contributed by atoms with E-state index in [-0.39, 0.29) is 5.91 Å². The molecular weight excluding hydrogens is 224 g/mol. The molecule has 0 bridgehead atoms. The Labute approximate surface area is 108 Å². The van der Waals surface area contributed by atoms with Crippen LogP contribution in [0.1, 0.15) is 25.8 Å². The highest BCUT2D eigenvalue weighted by atomic mass is 16.1. The van der Waals surface area contributed by atoms with Gasteiger partial charge in [0.1, 0.15) is 0 Å². The molecule has 2 rings (SSSR count). The normalized spacial score (nSPS) is 11.1. The minimum Gasteiger partial charge on any atom is -0.361 e. The van der Waals surface area contributed by atoms with Crippen LogP contribution in [0.5, 0.6) is 0 Å². The van der Waals surface area contributed by atoms with Crippen molar-refractivity contribution < 1.29 is 4.79 Å². The monoisotopic (exact) mass is 244 g/mol. The zero-order valence-electron chi connectivity index (χ0n) is 11.0.